The summed E-state index contributed by atoms with van der Waals surface area (Å²) in [5.41, 5.74) is -0.971. The van der Waals surface area contributed by atoms with E-state index in [0.717, 1.165) is 6.07 Å². The Morgan fingerprint density at radius 2 is 1.88 bits per heavy atom. The second kappa shape index (κ2) is 8.99. The number of aromatic nitrogens is 4. The van der Waals surface area contributed by atoms with E-state index < -0.39 is 42.2 Å². The first kappa shape index (κ1) is 25.1. The SMILES string of the molecule is CCn1cc(-c2cc(OCC(F)(F)F)c(=O)n([C@@H](C)C(F)(F)F)n2)c2cc(NC(C)=O)ncc21. The lowest BCUT2D eigenvalue weighted by molar-refractivity contribution is -0.167. The topological polar surface area (TPSA) is 91.0 Å². The van der Waals surface area contributed by atoms with Crippen LogP contribution in [0.1, 0.15) is 26.8 Å². The van der Waals surface area contributed by atoms with Crippen LogP contribution in [0.4, 0.5) is 32.2 Å². The molecule has 34 heavy (non-hydrogen) atoms. The van der Waals surface area contributed by atoms with Crippen LogP contribution in [0.3, 0.4) is 0 Å². The molecule has 14 heteroatoms. The molecule has 0 aromatic carbocycles. The van der Waals surface area contributed by atoms with Crippen LogP contribution in [-0.2, 0) is 11.3 Å². The molecule has 0 bridgehead atoms. The van der Waals surface area contributed by atoms with E-state index in [4.69, 9.17) is 0 Å². The summed E-state index contributed by atoms with van der Waals surface area (Å²) in [4.78, 5) is 28.0. The summed E-state index contributed by atoms with van der Waals surface area (Å²) in [5, 5.41) is 6.67. The molecular weight excluding hydrogens is 472 g/mol. The molecule has 3 aromatic rings. The molecule has 0 saturated heterocycles. The van der Waals surface area contributed by atoms with Crippen LogP contribution in [0.5, 0.6) is 5.75 Å². The number of aryl methyl sites for hydroxylation is 1. The lowest BCUT2D eigenvalue weighted by Gasteiger charge is -2.19. The van der Waals surface area contributed by atoms with Crippen molar-refractivity contribution in [3.05, 3.63) is 34.9 Å². The molecule has 0 aliphatic carbocycles. The standard InChI is InChI=1S/C20H19F6N5O3/c1-4-30-8-13(12-5-17(28-11(3)32)27-7-15(12)30)14-6-16(34-9-19(21,22)23)18(33)31(29-14)10(2)20(24,25)26/h5-8,10H,4,9H2,1-3H3,(H,27,28,32)/t10-/m0/s1. The summed E-state index contributed by atoms with van der Waals surface area (Å²) in [6.07, 6.45) is -6.81. The third-order valence-electron chi connectivity index (χ3n) is 4.82. The van der Waals surface area contributed by atoms with Crippen LogP contribution < -0.4 is 15.6 Å². The van der Waals surface area contributed by atoms with E-state index in [1.807, 2.05) is 0 Å². The molecule has 1 N–H and O–H groups in total. The number of carbonyl (C=O) groups is 1. The van der Waals surface area contributed by atoms with Crippen LogP contribution in [0.25, 0.3) is 22.2 Å². The highest BCUT2D eigenvalue weighted by Crippen LogP contribution is 2.34. The van der Waals surface area contributed by atoms with Gasteiger partial charge in [-0.25, -0.2) is 9.67 Å². The summed E-state index contributed by atoms with van der Waals surface area (Å²) in [7, 11) is 0. The largest absolute Gasteiger partial charge is 0.478 e. The third-order valence-corrected chi connectivity index (χ3v) is 4.82. The summed E-state index contributed by atoms with van der Waals surface area (Å²) >= 11 is 0. The Balaban J connectivity index is 2.27. The quantitative estimate of drug-likeness (QED) is 0.520. The number of rotatable bonds is 6. The van der Waals surface area contributed by atoms with Crippen LogP contribution in [0.15, 0.2) is 29.3 Å². The number of hydrogen-bond donors (Lipinski definition) is 1. The van der Waals surface area contributed by atoms with E-state index in [1.54, 1.807) is 11.5 Å². The average Bonchev–Trinajstić information content (AvgIpc) is 3.08. The molecule has 0 fully saturated rings. The fourth-order valence-electron chi connectivity index (χ4n) is 3.19. The number of nitrogens with zero attached hydrogens (tertiary/aromatic N) is 4. The number of hydrogen-bond acceptors (Lipinski definition) is 5. The highest BCUT2D eigenvalue weighted by molar-refractivity contribution is 5.98. The van der Waals surface area contributed by atoms with Crippen molar-refractivity contribution in [3.63, 3.8) is 0 Å². The predicted molar refractivity (Wildman–Crippen MR) is 110 cm³/mol. The van der Waals surface area contributed by atoms with E-state index in [2.05, 4.69) is 20.1 Å². The summed E-state index contributed by atoms with van der Waals surface area (Å²) in [6, 6.07) is -0.135. The fourth-order valence-corrected chi connectivity index (χ4v) is 3.19. The smallest absolute Gasteiger partial charge is 0.422 e. The second-order valence-corrected chi connectivity index (χ2v) is 7.36. The van der Waals surface area contributed by atoms with Gasteiger partial charge in [0.1, 0.15) is 11.9 Å². The van der Waals surface area contributed by atoms with Crippen molar-refractivity contribution in [3.8, 4) is 17.0 Å². The number of nitrogens with one attached hydrogen (secondary N) is 1. The van der Waals surface area contributed by atoms with Gasteiger partial charge in [0, 0.05) is 36.7 Å². The summed E-state index contributed by atoms with van der Waals surface area (Å²) in [6.45, 7) is 2.22. The van der Waals surface area contributed by atoms with Crippen LogP contribution in [0.2, 0.25) is 0 Å². The fraction of sp³-hybridized carbons (Fsp3) is 0.400. The van der Waals surface area contributed by atoms with Crippen LogP contribution in [0, 0.1) is 0 Å². The highest BCUT2D eigenvalue weighted by atomic mass is 19.4. The number of carbonyl (C=O) groups excluding carboxylic acids is 1. The van der Waals surface area contributed by atoms with Crippen LogP contribution in [-0.4, -0.2) is 44.2 Å². The minimum absolute atomic E-state index is 0.0477. The molecule has 8 nitrogen and oxygen atoms in total. The summed E-state index contributed by atoms with van der Waals surface area (Å²) < 4.78 is 84.4. The molecule has 3 aromatic heterocycles. The van der Waals surface area contributed by atoms with E-state index in [9.17, 15) is 35.9 Å². The molecule has 3 heterocycles. The van der Waals surface area contributed by atoms with Crippen molar-refractivity contribution < 1.29 is 35.9 Å². The highest BCUT2D eigenvalue weighted by Gasteiger charge is 2.40. The normalized spacial score (nSPS) is 13.2. The molecule has 0 spiro atoms. The van der Waals surface area contributed by atoms with Crippen molar-refractivity contribution in [2.24, 2.45) is 0 Å². The van der Waals surface area contributed by atoms with Crippen molar-refractivity contribution in [1.29, 1.82) is 0 Å². The predicted octanol–water partition coefficient (Wildman–Crippen LogP) is 4.30. The van der Waals surface area contributed by atoms with Gasteiger partial charge in [0.2, 0.25) is 5.91 Å². The molecule has 184 valence electrons. The zero-order valence-corrected chi connectivity index (χ0v) is 18.1. The molecule has 1 atom stereocenters. The van der Waals surface area contributed by atoms with Crippen LogP contribution >= 0.6 is 0 Å². The maximum Gasteiger partial charge on any atom is 0.422 e. The van der Waals surface area contributed by atoms with Crippen molar-refractivity contribution in [2.45, 2.75) is 45.7 Å². The number of halogens is 6. The van der Waals surface area contributed by atoms with Gasteiger partial charge in [-0.15, -0.1) is 0 Å². The van der Waals surface area contributed by atoms with Gasteiger partial charge in [-0.1, -0.05) is 0 Å². The molecule has 0 saturated carbocycles. The first-order chi connectivity index (χ1) is 15.7. The minimum atomic E-state index is -4.91. The maximum absolute atomic E-state index is 13.4. The third kappa shape index (κ3) is 5.31. The molecular formula is C20H19F6N5O3. The van der Waals surface area contributed by atoms with E-state index in [0.29, 0.717) is 24.4 Å². The van der Waals surface area contributed by atoms with Gasteiger partial charge >= 0.3 is 17.9 Å². The number of fused-ring (bicyclic) bond motifs is 1. The Morgan fingerprint density at radius 1 is 1.21 bits per heavy atom. The Morgan fingerprint density at radius 3 is 2.44 bits per heavy atom. The Kier molecular flexibility index (Phi) is 6.62. The monoisotopic (exact) mass is 491 g/mol. The van der Waals surface area contributed by atoms with E-state index in [1.165, 1.54) is 25.4 Å². The van der Waals surface area contributed by atoms with Gasteiger partial charge in [-0.05, 0) is 19.9 Å². The lowest BCUT2D eigenvalue weighted by atomic mass is 10.1. The summed E-state index contributed by atoms with van der Waals surface area (Å²) in [5.74, 6) is -1.22. The molecule has 0 unspecified atom stereocenters. The zero-order valence-electron chi connectivity index (χ0n) is 18.1. The number of anilines is 1. The molecule has 0 aliphatic rings. The zero-order chi connectivity index (χ0) is 25.4. The maximum atomic E-state index is 13.4. The number of amides is 1. The Labute approximate surface area is 188 Å². The second-order valence-electron chi connectivity index (χ2n) is 7.36. The minimum Gasteiger partial charge on any atom is -0.478 e. The van der Waals surface area contributed by atoms with E-state index >= 15 is 0 Å². The van der Waals surface area contributed by atoms with Gasteiger partial charge in [0.25, 0.3) is 0 Å². The van der Waals surface area contributed by atoms with E-state index in [-0.39, 0.29) is 21.8 Å². The van der Waals surface area contributed by atoms with Gasteiger partial charge in [0.15, 0.2) is 12.4 Å². The molecule has 0 aliphatic heterocycles. The number of ether oxygens (including phenoxy) is 1. The number of pyridine rings is 1. The van der Waals surface area contributed by atoms with Gasteiger partial charge in [-0.3, -0.25) is 9.59 Å². The van der Waals surface area contributed by atoms with Crippen molar-refractivity contribution in [2.75, 3.05) is 11.9 Å². The van der Waals surface area contributed by atoms with Crippen molar-refractivity contribution >= 4 is 22.6 Å². The first-order valence-corrected chi connectivity index (χ1v) is 9.88. The Bertz CT molecular complexity index is 1280. The van der Waals surface area contributed by atoms with Gasteiger partial charge in [0.05, 0.1) is 17.4 Å². The molecule has 1 amide bonds. The Hall–Kier alpha value is -3.58. The van der Waals surface area contributed by atoms with Gasteiger partial charge < -0.3 is 14.6 Å². The first-order valence-electron chi connectivity index (χ1n) is 9.88. The lowest BCUT2D eigenvalue weighted by Crippen LogP contribution is -2.35. The number of alkyl halides is 6. The van der Waals surface area contributed by atoms with Crippen molar-refractivity contribution in [1.82, 2.24) is 19.3 Å². The molecule has 0 radical (unpaired) electrons. The average molecular weight is 491 g/mol. The molecule has 3 rings (SSSR count). The van der Waals surface area contributed by atoms with Gasteiger partial charge in [-0.2, -0.15) is 31.4 Å².